The molecule has 0 spiro atoms. The molecule has 3 N–H and O–H groups in total. The molecule has 0 aliphatic rings. The summed E-state index contributed by atoms with van der Waals surface area (Å²) in [5.74, 6) is 0.988. The molecule has 0 atom stereocenters. The molecule has 0 saturated heterocycles. The number of benzene rings is 3. The van der Waals surface area contributed by atoms with Crippen LogP contribution in [-0.4, -0.2) is 15.3 Å². The number of hydrogen-bond acceptors (Lipinski definition) is 3. The van der Waals surface area contributed by atoms with Crippen molar-refractivity contribution >= 4 is 0 Å². The van der Waals surface area contributed by atoms with E-state index in [9.17, 15) is 0 Å². The third-order valence-electron chi connectivity index (χ3n) is 3.10. The van der Waals surface area contributed by atoms with Crippen molar-refractivity contribution in [1.29, 1.82) is 0 Å². The normalized spacial score (nSPS) is 7.06. The fourth-order valence-electron chi connectivity index (χ4n) is 1.63. The van der Waals surface area contributed by atoms with Gasteiger partial charge in [0.2, 0.25) is 0 Å². The van der Waals surface area contributed by atoms with Crippen LogP contribution in [0.5, 0.6) is 17.2 Å². The van der Waals surface area contributed by atoms with E-state index >= 15 is 0 Å². The van der Waals surface area contributed by atoms with E-state index in [0.29, 0.717) is 17.2 Å². The van der Waals surface area contributed by atoms with Crippen LogP contribution < -0.4 is 0 Å². The van der Waals surface area contributed by atoms with E-state index in [1.165, 1.54) is 16.7 Å². The molecule has 0 fully saturated rings. The number of rotatable bonds is 0. The SMILES string of the molecule is Cc1ccc(O)cc1.Cc1ccc(O)cc1.Cc1ccc(O)cc1.[V].[V].[V].[V].[V].[V].[W]. The maximum Gasteiger partial charge on any atom is 0.115 e. The predicted octanol–water partition coefficient (Wildman–Crippen LogP) is 5.08. The maximum atomic E-state index is 8.76. The fourth-order valence-corrected chi connectivity index (χ4v) is 1.63. The van der Waals surface area contributed by atoms with E-state index in [2.05, 4.69) is 0 Å². The number of aryl methyl sites for hydroxylation is 3. The maximum absolute atomic E-state index is 8.76. The Morgan fingerprint density at radius 3 is 0.581 bits per heavy atom. The van der Waals surface area contributed by atoms with Gasteiger partial charge >= 0.3 is 0 Å². The van der Waals surface area contributed by atoms with Gasteiger partial charge < -0.3 is 15.3 Å². The molecule has 3 nitrogen and oxygen atoms in total. The summed E-state index contributed by atoms with van der Waals surface area (Å²) in [6.45, 7) is 5.96. The first kappa shape index (κ1) is 49.4. The number of aromatic hydroxyl groups is 3. The molecular formula is C21H24O3V6W. The minimum Gasteiger partial charge on any atom is -0.508 e. The van der Waals surface area contributed by atoms with Crippen LogP contribution in [-0.2, 0) is 132 Å². The fraction of sp³-hybridized carbons (Fsp3) is 0.143. The van der Waals surface area contributed by atoms with Gasteiger partial charge in [0.15, 0.2) is 0 Å². The molecule has 6 radical (unpaired) electrons. The third kappa shape index (κ3) is 27.4. The molecule has 3 aromatic carbocycles. The Balaban J connectivity index is -0.0000000501. The van der Waals surface area contributed by atoms with Crippen LogP contribution in [0, 0.1) is 20.8 Å². The summed E-state index contributed by atoms with van der Waals surface area (Å²) in [5, 5.41) is 26.3. The summed E-state index contributed by atoms with van der Waals surface area (Å²) in [4.78, 5) is 0. The van der Waals surface area contributed by atoms with Gasteiger partial charge in [-0.25, -0.2) is 0 Å². The Hall–Kier alpha value is 1.25. The van der Waals surface area contributed by atoms with Gasteiger partial charge in [0.1, 0.15) is 17.2 Å². The van der Waals surface area contributed by atoms with E-state index in [1.807, 2.05) is 57.2 Å². The molecule has 0 amide bonds. The van der Waals surface area contributed by atoms with Crippen molar-refractivity contribution in [2.75, 3.05) is 0 Å². The van der Waals surface area contributed by atoms with Crippen molar-refractivity contribution in [3.8, 4) is 17.2 Å². The zero-order valence-corrected chi connectivity index (χ0v) is 28.7. The van der Waals surface area contributed by atoms with Gasteiger partial charge in [-0.2, -0.15) is 0 Å². The van der Waals surface area contributed by atoms with Crippen LogP contribution in [0.15, 0.2) is 72.8 Å². The van der Waals surface area contributed by atoms with Gasteiger partial charge in [0.05, 0.1) is 0 Å². The van der Waals surface area contributed by atoms with Gasteiger partial charge in [-0.3, -0.25) is 0 Å². The Bertz CT molecular complexity index is 561. The van der Waals surface area contributed by atoms with Gasteiger partial charge in [-0.1, -0.05) is 53.1 Å². The Kier molecular flexibility index (Phi) is 46.7. The molecule has 0 saturated carbocycles. The van der Waals surface area contributed by atoms with Crippen LogP contribution in [0.3, 0.4) is 0 Å². The van der Waals surface area contributed by atoms with Gasteiger partial charge in [0.25, 0.3) is 0 Å². The van der Waals surface area contributed by atoms with Crippen molar-refractivity contribution in [2.24, 2.45) is 0 Å². The Labute approximate surface area is 271 Å². The summed E-state index contributed by atoms with van der Waals surface area (Å²) in [7, 11) is 0. The van der Waals surface area contributed by atoms with Crippen LogP contribution in [0.25, 0.3) is 0 Å². The molecule has 0 aliphatic carbocycles. The first-order valence-corrected chi connectivity index (χ1v) is 7.63. The first-order chi connectivity index (χ1) is 11.4. The summed E-state index contributed by atoms with van der Waals surface area (Å²) >= 11 is 0. The standard InChI is InChI=1S/3C7H8O.6V.W/c3*1-6-2-4-7(8)5-3-6;;;;;;;/h3*2-5,8H,1H3;;;;;;;. The van der Waals surface area contributed by atoms with Crippen molar-refractivity contribution in [3.05, 3.63) is 89.5 Å². The number of phenolic OH excluding ortho intramolecular Hbond substituents is 3. The average molecular weight is 814 g/mol. The van der Waals surface area contributed by atoms with E-state index in [0.717, 1.165) is 0 Å². The summed E-state index contributed by atoms with van der Waals surface area (Å²) in [6, 6.07) is 21.3. The smallest absolute Gasteiger partial charge is 0.115 e. The monoisotopic (exact) mass is 814 g/mol. The molecule has 0 unspecified atom stereocenters. The number of phenols is 3. The van der Waals surface area contributed by atoms with Crippen molar-refractivity contribution < 1.29 is 148 Å². The Morgan fingerprint density at radius 2 is 0.484 bits per heavy atom. The second kappa shape index (κ2) is 29.3. The second-order valence-corrected chi connectivity index (χ2v) is 5.51. The summed E-state index contributed by atoms with van der Waals surface area (Å²) < 4.78 is 0. The zero-order valence-electron chi connectivity index (χ0n) is 17.4. The summed E-state index contributed by atoms with van der Waals surface area (Å²) in [6.07, 6.45) is 0. The quantitative estimate of drug-likeness (QED) is 0.297. The molecule has 10 heteroatoms. The molecule has 0 aromatic heterocycles. The Morgan fingerprint density at radius 1 is 0.355 bits per heavy atom. The van der Waals surface area contributed by atoms with Crippen LogP contribution >= 0.6 is 0 Å². The minimum atomic E-state index is 0. The zero-order chi connectivity index (χ0) is 17.9. The van der Waals surface area contributed by atoms with Crippen molar-refractivity contribution in [1.82, 2.24) is 0 Å². The van der Waals surface area contributed by atoms with Crippen molar-refractivity contribution in [3.63, 3.8) is 0 Å². The van der Waals surface area contributed by atoms with E-state index in [4.69, 9.17) is 15.3 Å². The third-order valence-corrected chi connectivity index (χ3v) is 3.10. The number of hydrogen-bond donors (Lipinski definition) is 3. The molecule has 31 heavy (non-hydrogen) atoms. The molecule has 3 aromatic rings. The minimum absolute atomic E-state index is 0. The van der Waals surface area contributed by atoms with E-state index in [-0.39, 0.29) is 132 Å². The predicted molar refractivity (Wildman–Crippen MR) is 98.5 cm³/mol. The first-order valence-electron chi connectivity index (χ1n) is 7.63. The second-order valence-electron chi connectivity index (χ2n) is 5.51. The molecule has 0 heterocycles. The molecule has 3 rings (SSSR count). The summed E-state index contributed by atoms with van der Waals surface area (Å²) in [5.41, 5.74) is 3.51. The van der Waals surface area contributed by atoms with Gasteiger partial charge in [0, 0.05) is 132 Å². The molecular weight excluding hydrogens is 790 g/mol. The molecule has 0 aliphatic heterocycles. The van der Waals surface area contributed by atoms with Gasteiger partial charge in [-0.05, 0) is 57.2 Å². The van der Waals surface area contributed by atoms with Crippen LogP contribution in [0.4, 0.5) is 0 Å². The average Bonchev–Trinajstić information content (AvgIpc) is 2.57. The van der Waals surface area contributed by atoms with E-state index < -0.39 is 0 Å². The van der Waals surface area contributed by atoms with Crippen LogP contribution in [0.1, 0.15) is 16.7 Å². The molecule has 0 bridgehead atoms. The topological polar surface area (TPSA) is 60.7 Å². The largest absolute Gasteiger partial charge is 0.508 e. The molecule has 162 valence electrons. The van der Waals surface area contributed by atoms with Crippen LogP contribution in [0.2, 0.25) is 0 Å². The van der Waals surface area contributed by atoms with Gasteiger partial charge in [-0.15, -0.1) is 0 Å². The van der Waals surface area contributed by atoms with Crippen molar-refractivity contribution in [2.45, 2.75) is 20.8 Å². The van der Waals surface area contributed by atoms with E-state index in [1.54, 1.807) is 36.4 Å².